The summed E-state index contributed by atoms with van der Waals surface area (Å²) in [7, 11) is 0. The first-order valence-electron chi connectivity index (χ1n) is 5.79. The highest BCUT2D eigenvalue weighted by Crippen LogP contribution is 2.33. The van der Waals surface area contributed by atoms with E-state index in [0.717, 1.165) is 19.3 Å². The van der Waals surface area contributed by atoms with Crippen LogP contribution in [0.3, 0.4) is 0 Å². The molecule has 0 heterocycles. The van der Waals surface area contributed by atoms with Crippen molar-refractivity contribution < 1.29 is 38.0 Å². The summed E-state index contributed by atoms with van der Waals surface area (Å²) in [6.07, 6.45) is 3.17. The predicted octanol–water partition coefficient (Wildman–Crippen LogP) is 0.793. The maximum Gasteiger partial charge on any atom is 0.415 e. The molecule has 19 heavy (non-hydrogen) atoms. The van der Waals surface area contributed by atoms with Gasteiger partial charge >= 0.3 is 11.2 Å². The molecule has 0 aliphatic heterocycles. The van der Waals surface area contributed by atoms with E-state index in [0.29, 0.717) is 6.42 Å². The number of hydrogen-bond acceptors (Lipinski definition) is 7. The highest BCUT2D eigenvalue weighted by molar-refractivity contribution is 7.96. The normalized spacial score (nSPS) is 24.2. The van der Waals surface area contributed by atoms with Crippen LogP contribution in [0.15, 0.2) is 0 Å². The number of carbonyl (C=O) groups excluding carboxylic acids is 1. The molecule has 0 saturated heterocycles. The van der Waals surface area contributed by atoms with Crippen molar-refractivity contribution in [1.29, 1.82) is 0 Å². The number of alkyl halides is 2. The predicted molar refractivity (Wildman–Crippen MR) is 58.2 cm³/mol. The molecule has 1 rings (SSSR count). The summed E-state index contributed by atoms with van der Waals surface area (Å²) in [6, 6.07) is 0. The molecule has 112 valence electrons. The zero-order valence-electron chi connectivity index (χ0n) is 10.0. The van der Waals surface area contributed by atoms with Crippen molar-refractivity contribution in [2.24, 2.45) is 11.8 Å². The van der Waals surface area contributed by atoms with Crippen molar-refractivity contribution in [2.45, 2.75) is 30.9 Å². The lowest BCUT2D eigenvalue weighted by Crippen LogP contribution is -2.31. The summed E-state index contributed by atoms with van der Waals surface area (Å²) >= 11 is -0.704. The minimum absolute atomic E-state index is 0.0349. The first-order valence-corrected chi connectivity index (χ1v) is 6.54. The number of rotatable bonds is 7. The first kappa shape index (κ1) is 16.6. The second-order valence-electron chi connectivity index (χ2n) is 4.42. The van der Waals surface area contributed by atoms with Crippen LogP contribution in [0, 0.1) is 11.8 Å². The van der Waals surface area contributed by atoms with Gasteiger partial charge in [0.05, 0.1) is 6.61 Å². The van der Waals surface area contributed by atoms with E-state index < -0.39 is 23.3 Å². The van der Waals surface area contributed by atoms with Crippen molar-refractivity contribution in [3.8, 4) is 0 Å². The highest BCUT2D eigenvalue weighted by Gasteiger charge is 2.44. The molecule has 0 amide bonds. The summed E-state index contributed by atoms with van der Waals surface area (Å²) in [4.78, 5) is 11.1. The van der Waals surface area contributed by atoms with Crippen LogP contribution in [-0.2, 0) is 18.9 Å². The Bertz CT molecular complexity index is 291. The van der Waals surface area contributed by atoms with Crippen LogP contribution in [0.5, 0.6) is 0 Å². The van der Waals surface area contributed by atoms with E-state index in [9.17, 15) is 18.8 Å². The van der Waals surface area contributed by atoms with Gasteiger partial charge in [-0.3, -0.25) is 5.04 Å². The van der Waals surface area contributed by atoms with Crippen molar-refractivity contribution >= 4 is 18.0 Å². The standard InChI is InChI=1S/C10H16F2O6S/c11-10(12,19-18-17-15)9(14)16-6-8-3-1-2-7(4-8)5-13/h7-8,13,15H,1-6H2/p-1. The Kier molecular flexibility index (Phi) is 6.94. The minimum Gasteiger partial charge on any atom is -0.691 e. The van der Waals surface area contributed by atoms with Gasteiger partial charge in [-0.2, -0.15) is 13.1 Å². The number of aliphatic hydroxyl groups is 1. The van der Waals surface area contributed by atoms with Gasteiger partial charge in [-0.05, 0) is 31.1 Å². The molecule has 1 aliphatic rings. The van der Waals surface area contributed by atoms with Crippen LogP contribution in [0.2, 0.25) is 0 Å². The van der Waals surface area contributed by atoms with E-state index in [2.05, 4.69) is 14.1 Å². The van der Waals surface area contributed by atoms with Gasteiger partial charge in [0.1, 0.15) is 12.0 Å². The summed E-state index contributed by atoms with van der Waals surface area (Å²) in [6.45, 7) is -0.0884. The molecular formula is C10H15F2O6S-. The molecule has 9 heteroatoms. The molecule has 0 radical (unpaired) electrons. The summed E-state index contributed by atoms with van der Waals surface area (Å²) in [5.74, 6) is -1.68. The van der Waals surface area contributed by atoms with Gasteiger partial charge in [-0.1, -0.05) is 6.42 Å². The molecule has 0 aromatic heterocycles. The minimum atomic E-state index is -3.99. The second-order valence-corrected chi connectivity index (χ2v) is 5.23. The van der Waals surface area contributed by atoms with E-state index in [1.807, 2.05) is 0 Å². The third kappa shape index (κ3) is 5.57. The lowest BCUT2D eigenvalue weighted by molar-refractivity contribution is -0.777. The van der Waals surface area contributed by atoms with E-state index >= 15 is 0 Å². The van der Waals surface area contributed by atoms with E-state index in [1.165, 1.54) is 0 Å². The highest BCUT2D eigenvalue weighted by atomic mass is 32.2. The Morgan fingerprint density at radius 2 is 2.11 bits per heavy atom. The fourth-order valence-corrected chi connectivity index (χ4v) is 2.33. The quantitative estimate of drug-likeness (QED) is 0.322. The smallest absolute Gasteiger partial charge is 0.415 e. The molecule has 0 aromatic rings. The lowest BCUT2D eigenvalue weighted by Gasteiger charge is -2.27. The Hall–Kier alpha value is -0.480. The van der Waals surface area contributed by atoms with Gasteiger partial charge in [0.2, 0.25) is 0 Å². The van der Waals surface area contributed by atoms with Crippen LogP contribution < -0.4 is 5.26 Å². The third-order valence-electron chi connectivity index (χ3n) is 3.00. The molecule has 2 unspecified atom stereocenters. The van der Waals surface area contributed by atoms with Gasteiger partial charge < -0.3 is 15.1 Å². The van der Waals surface area contributed by atoms with E-state index in [1.54, 1.807) is 0 Å². The Morgan fingerprint density at radius 1 is 1.42 bits per heavy atom. The van der Waals surface area contributed by atoms with Crippen molar-refractivity contribution in [1.82, 2.24) is 0 Å². The Morgan fingerprint density at radius 3 is 2.74 bits per heavy atom. The summed E-state index contributed by atoms with van der Waals surface area (Å²) in [5.41, 5.74) is 0. The zero-order valence-corrected chi connectivity index (χ0v) is 10.9. The van der Waals surface area contributed by atoms with Gasteiger partial charge in [0.25, 0.3) is 0 Å². The van der Waals surface area contributed by atoms with Crippen molar-refractivity contribution in [2.75, 3.05) is 13.2 Å². The Labute approximate surface area is 113 Å². The third-order valence-corrected chi connectivity index (χ3v) is 3.50. The van der Waals surface area contributed by atoms with E-state index in [4.69, 9.17) is 5.11 Å². The van der Waals surface area contributed by atoms with Crippen LogP contribution in [0.1, 0.15) is 25.7 Å². The number of ether oxygens (including phenoxy) is 1. The molecule has 2 atom stereocenters. The molecule has 6 nitrogen and oxygen atoms in total. The maximum atomic E-state index is 13.0. The van der Waals surface area contributed by atoms with Crippen LogP contribution in [0.25, 0.3) is 0 Å². The number of esters is 1. The number of hydrogen-bond donors (Lipinski definition) is 1. The SMILES string of the molecule is O=C(OCC1CCCC(CO)C1)C(F)(F)SOO[O-]. The van der Waals surface area contributed by atoms with Crippen LogP contribution in [0.4, 0.5) is 8.78 Å². The van der Waals surface area contributed by atoms with Gasteiger partial charge in [0, 0.05) is 6.61 Å². The zero-order chi connectivity index (χ0) is 14.3. The topological polar surface area (TPSA) is 88.1 Å². The largest absolute Gasteiger partial charge is 0.691 e. The Balaban J connectivity index is 2.32. The second kappa shape index (κ2) is 7.95. The maximum absolute atomic E-state index is 13.0. The fourth-order valence-electron chi connectivity index (χ4n) is 2.09. The number of aliphatic hydroxyl groups excluding tert-OH is 1. The monoisotopic (exact) mass is 301 g/mol. The molecular weight excluding hydrogens is 286 g/mol. The lowest BCUT2D eigenvalue weighted by atomic mass is 9.82. The molecule has 1 N–H and O–H groups in total. The fraction of sp³-hybridized carbons (Fsp3) is 0.900. The number of carbonyl (C=O) groups is 1. The number of halogens is 2. The van der Waals surface area contributed by atoms with Crippen molar-refractivity contribution in [3.63, 3.8) is 0 Å². The first-order chi connectivity index (χ1) is 8.99. The van der Waals surface area contributed by atoms with Gasteiger partial charge in [-0.25, -0.2) is 4.79 Å². The summed E-state index contributed by atoms with van der Waals surface area (Å²) in [5, 5.41) is 17.2. The van der Waals surface area contributed by atoms with Gasteiger partial charge in [-0.15, -0.1) is 0 Å². The van der Waals surface area contributed by atoms with E-state index in [-0.39, 0.29) is 25.0 Å². The molecule has 0 bridgehead atoms. The van der Waals surface area contributed by atoms with Gasteiger partial charge in [0.15, 0.2) is 0 Å². The molecule has 1 fully saturated rings. The molecule has 0 spiro atoms. The van der Waals surface area contributed by atoms with Crippen molar-refractivity contribution in [3.05, 3.63) is 0 Å². The average Bonchev–Trinajstić information content (AvgIpc) is 2.42. The molecule has 1 aliphatic carbocycles. The molecule has 1 saturated carbocycles. The van der Waals surface area contributed by atoms with Crippen LogP contribution >= 0.6 is 12.0 Å². The average molecular weight is 301 g/mol. The summed E-state index contributed by atoms with van der Waals surface area (Å²) < 4.78 is 33.9. The van der Waals surface area contributed by atoms with Crippen LogP contribution in [-0.4, -0.2) is 29.5 Å². The molecule has 0 aromatic carbocycles.